The molecule has 0 saturated heterocycles. The zero-order valence-electron chi connectivity index (χ0n) is 24.3. The molecule has 2 N–H and O–H groups in total. The fourth-order valence-corrected chi connectivity index (χ4v) is 4.88. The zero-order chi connectivity index (χ0) is 30.2. The zero-order valence-corrected chi connectivity index (χ0v) is 24.3. The molecule has 0 radical (unpaired) electrons. The minimum atomic E-state index is -0.564. The van der Waals surface area contributed by atoms with Crippen LogP contribution >= 0.6 is 0 Å². The van der Waals surface area contributed by atoms with Crippen LogP contribution in [0.3, 0.4) is 0 Å². The molecule has 8 nitrogen and oxygen atoms in total. The average Bonchev–Trinajstić information content (AvgIpc) is 3.43. The Morgan fingerprint density at radius 3 is 2.33 bits per heavy atom. The standard InChI is InChI=1S/C35H33N3O5/c1-4-23-16-12-17-27-31(24-13-8-7-9-14-24)33(37-32(23)27)34(39)38-36-22-26-15-10-11-18-28(26)43-35(40)25-19-20-29(41-5-2)30(21-25)42-6-3/h7-22,37H,4-6H2,1-3H3,(H,38,39). The highest BCUT2D eigenvalue weighted by Gasteiger charge is 2.20. The number of rotatable bonds is 11. The molecule has 0 saturated carbocycles. The molecule has 1 aromatic heterocycles. The van der Waals surface area contributed by atoms with Gasteiger partial charge in [0.1, 0.15) is 11.4 Å². The van der Waals surface area contributed by atoms with Gasteiger partial charge in [-0.1, -0.05) is 67.6 Å². The number of fused-ring (bicyclic) bond motifs is 1. The van der Waals surface area contributed by atoms with Crippen molar-refractivity contribution < 1.29 is 23.8 Å². The molecule has 0 aliphatic heterocycles. The second kappa shape index (κ2) is 13.5. The Hall–Kier alpha value is -5.37. The molecule has 1 heterocycles. The third-order valence-corrected chi connectivity index (χ3v) is 6.86. The summed E-state index contributed by atoms with van der Waals surface area (Å²) < 4.78 is 16.9. The van der Waals surface area contributed by atoms with Gasteiger partial charge in [-0.25, -0.2) is 10.2 Å². The Morgan fingerprint density at radius 2 is 1.56 bits per heavy atom. The minimum Gasteiger partial charge on any atom is -0.490 e. The molecule has 0 spiro atoms. The van der Waals surface area contributed by atoms with Crippen LogP contribution < -0.4 is 19.6 Å². The smallest absolute Gasteiger partial charge is 0.343 e. The van der Waals surface area contributed by atoms with E-state index < -0.39 is 5.97 Å². The molecule has 0 atom stereocenters. The third-order valence-electron chi connectivity index (χ3n) is 6.86. The number of esters is 1. The van der Waals surface area contributed by atoms with Crippen molar-refractivity contribution in [1.82, 2.24) is 10.4 Å². The molecular weight excluding hydrogens is 542 g/mol. The van der Waals surface area contributed by atoms with Crippen LogP contribution in [0.25, 0.3) is 22.0 Å². The lowest BCUT2D eigenvalue weighted by atomic mass is 10.00. The van der Waals surface area contributed by atoms with Crippen LogP contribution in [0.5, 0.6) is 17.2 Å². The quantitative estimate of drug-likeness (QED) is 0.0752. The molecule has 5 rings (SSSR count). The van der Waals surface area contributed by atoms with Crippen molar-refractivity contribution in [2.24, 2.45) is 5.10 Å². The predicted molar refractivity (Wildman–Crippen MR) is 168 cm³/mol. The second-order valence-electron chi connectivity index (χ2n) is 9.59. The van der Waals surface area contributed by atoms with E-state index in [0.717, 1.165) is 34.0 Å². The predicted octanol–water partition coefficient (Wildman–Crippen LogP) is 7.18. The Kier molecular flexibility index (Phi) is 9.17. The van der Waals surface area contributed by atoms with E-state index in [9.17, 15) is 9.59 Å². The van der Waals surface area contributed by atoms with Gasteiger partial charge in [-0.2, -0.15) is 5.10 Å². The van der Waals surface area contributed by atoms with Gasteiger partial charge in [0.2, 0.25) is 0 Å². The SMILES string of the molecule is CCOc1ccc(C(=O)Oc2ccccc2C=NNC(=O)c2[nH]c3c(CC)cccc3c2-c2ccccc2)cc1OCC. The lowest BCUT2D eigenvalue weighted by Crippen LogP contribution is -2.19. The van der Waals surface area contributed by atoms with E-state index in [-0.39, 0.29) is 5.91 Å². The van der Waals surface area contributed by atoms with Gasteiger partial charge in [0.25, 0.3) is 5.91 Å². The summed E-state index contributed by atoms with van der Waals surface area (Å²) in [6, 6.07) is 27.7. The summed E-state index contributed by atoms with van der Waals surface area (Å²) in [6.07, 6.45) is 2.27. The summed E-state index contributed by atoms with van der Waals surface area (Å²) >= 11 is 0. The minimum absolute atomic E-state index is 0.292. The van der Waals surface area contributed by atoms with Gasteiger partial charge < -0.3 is 19.2 Å². The number of benzene rings is 4. The highest BCUT2D eigenvalue weighted by atomic mass is 16.5. The molecule has 5 aromatic rings. The fourth-order valence-electron chi connectivity index (χ4n) is 4.88. The molecule has 43 heavy (non-hydrogen) atoms. The maximum absolute atomic E-state index is 13.4. The highest BCUT2D eigenvalue weighted by Crippen LogP contribution is 2.34. The van der Waals surface area contributed by atoms with Crippen molar-refractivity contribution in [3.8, 4) is 28.4 Å². The summed E-state index contributed by atoms with van der Waals surface area (Å²) in [6.45, 7) is 6.72. The number of nitrogens with zero attached hydrogens (tertiary/aromatic N) is 1. The Morgan fingerprint density at radius 1 is 0.814 bits per heavy atom. The summed E-state index contributed by atoms with van der Waals surface area (Å²) in [5, 5.41) is 5.18. The number of para-hydroxylation sites is 2. The first-order chi connectivity index (χ1) is 21.0. The van der Waals surface area contributed by atoms with Crippen molar-refractivity contribution in [3.63, 3.8) is 0 Å². The number of nitrogens with one attached hydrogen (secondary N) is 2. The summed E-state index contributed by atoms with van der Waals surface area (Å²) in [7, 11) is 0. The maximum atomic E-state index is 13.4. The van der Waals surface area contributed by atoms with Crippen LogP contribution in [-0.2, 0) is 6.42 Å². The molecule has 0 aliphatic rings. The number of hydrogen-bond donors (Lipinski definition) is 2. The van der Waals surface area contributed by atoms with Crippen molar-refractivity contribution in [3.05, 3.63) is 113 Å². The van der Waals surface area contributed by atoms with Crippen molar-refractivity contribution >= 4 is 29.0 Å². The topological polar surface area (TPSA) is 102 Å². The molecule has 0 bridgehead atoms. The largest absolute Gasteiger partial charge is 0.490 e. The normalized spacial score (nSPS) is 11.0. The number of hydrogen-bond acceptors (Lipinski definition) is 6. The molecular formula is C35H33N3O5. The number of ether oxygens (including phenoxy) is 3. The number of carbonyl (C=O) groups is 2. The Balaban J connectivity index is 1.37. The molecule has 1 amide bonds. The number of carbonyl (C=O) groups excluding carboxylic acids is 2. The highest BCUT2D eigenvalue weighted by molar-refractivity contribution is 6.10. The number of aromatic nitrogens is 1. The molecule has 218 valence electrons. The van der Waals surface area contributed by atoms with E-state index in [0.29, 0.717) is 47.3 Å². The van der Waals surface area contributed by atoms with Crippen LogP contribution in [0.2, 0.25) is 0 Å². The van der Waals surface area contributed by atoms with E-state index in [1.54, 1.807) is 42.5 Å². The maximum Gasteiger partial charge on any atom is 0.343 e. The third kappa shape index (κ3) is 6.43. The van der Waals surface area contributed by atoms with Gasteiger partial charge >= 0.3 is 5.97 Å². The number of aryl methyl sites for hydroxylation is 1. The monoisotopic (exact) mass is 575 g/mol. The van der Waals surface area contributed by atoms with Crippen molar-refractivity contribution in [2.45, 2.75) is 27.2 Å². The first-order valence-corrected chi connectivity index (χ1v) is 14.3. The van der Waals surface area contributed by atoms with Crippen molar-refractivity contribution in [2.75, 3.05) is 13.2 Å². The van der Waals surface area contributed by atoms with Crippen LogP contribution in [0, 0.1) is 0 Å². The van der Waals surface area contributed by atoms with Gasteiger partial charge in [0.15, 0.2) is 11.5 Å². The Bertz CT molecular complexity index is 1780. The van der Waals surface area contributed by atoms with Crippen LogP contribution in [0.1, 0.15) is 52.7 Å². The van der Waals surface area contributed by atoms with Crippen molar-refractivity contribution in [1.29, 1.82) is 0 Å². The van der Waals surface area contributed by atoms with Gasteiger partial charge in [-0.15, -0.1) is 0 Å². The summed E-state index contributed by atoms with van der Waals surface area (Å²) in [4.78, 5) is 29.8. The van der Waals surface area contributed by atoms with E-state index in [2.05, 4.69) is 28.5 Å². The first-order valence-electron chi connectivity index (χ1n) is 14.3. The van der Waals surface area contributed by atoms with E-state index >= 15 is 0 Å². The average molecular weight is 576 g/mol. The summed E-state index contributed by atoms with van der Waals surface area (Å²) in [5.74, 6) is 0.363. The molecule has 4 aromatic carbocycles. The number of amides is 1. The van der Waals surface area contributed by atoms with E-state index in [1.165, 1.54) is 6.21 Å². The van der Waals surface area contributed by atoms with E-state index in [1.807, 2.05) is 56.3 Å². The molecule has 0 unspecified atom stereocenters. The van der Waals surface area contributed by atoms with Crippen LogP contribution in [0.15, 0.2) is 96.1 Å². The number of H-pyrrole nitrogens is 1. The Labute approximate surface area is 250 Å². The summed E-state index contributed by atoms with van der Waals surface area (Å²) in [5.41, 5.74) is 7.67. The lowest BCUT2D eigenvalue weighted by Gasteiger charge is -2.12. The second-order valence-corrected chi connectivity index (χ2v) is 9.59. The molecule has 8 heteroatoms. The van der Waals surface area contributed by atoms with Gasteiger partial charge in [-0.05, 0) is 61.7 Å². The van der Waals surface area contributed by atoms with Gasteiger partial charge in [0, 0.05) is 22.0 Å². The lowest BCUT2D eigenvalue weighted by molar-refractivity contribution is 0.0733. The first kappa shape index (κ1) is 29.1. The van der Waals surface area contributed by atoms with Gasteiger partial charge in [-0.3, -0.25) is 4.79 Å². The van der Waals surface area contributed by atoms with Crippen LogP contribution in [0.4, 0.5) is 0 Å². The fraction of sp³-hybridized carbons (Fsp3) is 0.171. The molecule has 0 fully saturated rings. The number of aromatic amines is 1. The van der Waals surface area contributed by atoms with Crippen LogP contribution in [-0.4, -0.2) is 36.3 Å². The van der Waals surface area contributed by atoms with Gasteiger partial charge in [0.05, 0.1) is 25.0 Å². The number of hydrazone groups is 1. The van der Waals surface area contributed by atoms with E-state index in [4.69, 9.17) is 14.2 Å². The molecule has 0 aliphatic carbocycles.